The van der Waals surface area contributed by atoms with Crippen molar-refractivity contribution in [2.24, 2.45) is 5.73 Å². The Kier molecular flexibility index (Phi) is 3.50. The lowest BCUT2D eigenvalue weighted by Crippen LogP contribution is -2.54. The summed E-state index contributed by atoms with van der Waals surface area (Å²) < 4.78 is 5.29. The number of rotatable bonds is 3. The van der Waals surface area contributed by atoms with E-state index in [9.17, 15) is 4.79 Å². The Morgan fingerprint density at radius 1 is 1.38 bits per heavy atom. The van der Waals surface area contributed by atoms with Crippen LogP contribution in [0.2, 0.25) is 0 Å². The predicted molar refractivity (Wildman–Crippen MR) is 62.0 cm³/mol. The van der Waals surface area contributed by atoms with Crippen LogP contribution in [0.1, 0.15) is 44.9 Å². The SMILES string of the molecule is COC1CCC(NC(=O)C2(N)CCCC2)C1. The minimum absolute atomic E-state index is 0.0479. The third-order valence-electron chi connectivity index (χ3n) is 4.00. The second-order valence-corrected chi connectivity index (χ2v) is 5.20. The molecule has 0 radical (unpaired) electrons. The summed E-state index contributed by atoms with van der Waals surface area (Å²) in [5.41, 5.74) is 5.51. The summed E-state index contributed by atoms with van der Waals surface area (Å²) in [4.78, 5) is 12.0. The Balaban J connectivity index is 1.83. The van der Waals surface area contributed by atoms with Gasteiger partial charge in [0.1, 0.15) is 0 Å². The van der Waals surface area contributed by atoms with Gasteiger partial charge in [0.05, 0.1) is 11.6 Å². The summed E-state index contributed by atoms with van der Waals surface area (Å²) >= 11 is 0. The number of methoxy groups -OCH3 is 1. The first-order valence-corrected chi connectivity index (χ1v) is 6.27. The van der Waals surface area contributed by atoms with Crippen molar-refractivity contribution in [1.29, 1.82) is 0 Å². The van der Waals surface area contributed by atoms with E-state index in [4.69, 9.17) is 10.5 Å². The van der Waals surface area contributed by atoms with Crippen molar-refractivity contribution in [2.75, 3.05) is 7.11 Å². The lowest BCUT2D eigenvalue weighted by Gasteiger charge is -2.24. The lowest BCUT2D eigenvalue weighted by molar-refractivity contribution is -0.126. The molecule has 1 amide bonds. The largest absolute Gasteiger partial charge is 0.381 e. The Morgan fingerprint density at radius 3 is 2.62 bits per heavy atom. The number of carbonyl (C=O) groups is 1. The zero-order chi connectivity index (χ0) is 11.6. The van der Waals surface area contributed by atoms with Gasteiger partial charge in [0, 0.05) is 13.2 Å². The van der Waals surface area contributed by atoms with Gasteiger partial charge in [0.2, 0.25) is 5.91 Å². The Bertz CT molecular complexity index is 262. The number of nitrogens with two attached hydrogens (primary N) is 1. The summed E-state index contributed by atoms with van der Waals surface area (Å²) in [6, 6.07) is 0.262. The van der Waals surface area contributed by atoms with Crippen LogP contribution in [-0.4, -0.2) is 30.7 Å². The molecule has 0 spiro atoms. The van der Waals surface area contributed by atoms with E-state index in [0.717, 1.165) is 44.9 Å². The second-order valence-electron chi connectivity index (χ2n) is 5.20. The third kappa shape index (κ3) is 2.38. The van der Waals surface area contributed by atoms with Gasteiger partial charge < -0.3 is 15.8 Å². The van der Waals surface area contributed by atoms with Crippen LogP contribution in [0.15, 0.2) is 0 Å². The molecular formula is C12H22N2O2. The number of ether oxygens (including phenoxy) is 1. The van der Waals surface area contributed by atoms with E-state index in [1.807, 2.05) is 0 Å². The average Bonchev–Trinajstić information content (AvgIpc) is 2.88. The summed E-state index contributed by atoms with van der Waals surface area (Å²) in [7, 11) is 1.73. The van der Waals surface area contributed by atoms with Crippen LogP contribution in [0.25, 0.3) is 0 Å². The number of carbonyl (C=O) groups excluding carboxylic acids is 1. The van der Waals surface area contributed by atoms with E-state index in [1.165, 1.54) is 0 Å². The van der Waals surface area contributed by atoms with E-state index in [-0.39, 0.29) is 11.9 Å². The highest BCUT2D eigenvalue weighted by Crippen LogP contribution is 2.28. The highest BCUT2D eigenvalue weighted by atomic mass is 16.5. The van der Waals surface area contributed by atoms with Crippen LogP contribution in [0.5, 0.6) is 0 Å². The molecule has 2 atom stereocenters. The molecule has 0 bridgehead atoms. The van der Waals surface area contributed by atoms with E-state index < -0.39 is 5.54 Å². The van der Waals surface area contributed by atoms with Crippen molar-refractivity contribution in [3.63, 3.8) is 0 Å². The minimum Gasteiger partial charge on any atom is -0.381 e. The zero-order valence-electron chi connectivity index (χ0n) is 10.00. The quantitative estimate of drug-likeness (QED) is 0.753. The standard InChI is InChI=1S/C12H22N2O2/c1-16-10-5-4-9(8-10)14-11(15)12(13)6-2-3-7-12/h9-10H,2-8,13H2,1H3,(H,14,15). The number of nitrogens with one attached hydrogen (secondary N) is 1. The Morgan fingerprint density at radius 2 is 2.06 bits per heavy atom. The smallest absolute Gasteiger partial charge is 0.240 e. The van der Waals surface area contributed by atoms with E-state index in [0.29, 0.717) is 6.10 Å². The van der Waals surface area contributed by atoms with Gasteiger partial charge >= 0.3 is 0 Å². The van der Waals surface area contributed by atoms with Crippen molar-refractivity contribution < 1.29 is 9.53 Å². The van der Waals surface area contributed by atoms with Gasteiger partial charge in [0.25, 0.3) is 0 Å². The molecular weight excluding hydrogens is 204 g/mol. The molecule has 0 aliphatic heterocycles. The molecule has 0 aromatic carbocycles. The van der Waals surface area contributed by atoms with Gasteiger partial charge in [-0.25, -0.2) is 0 Å². The molecule has 0 saturated heterocycles. The maximum absolute atomic E-state index is 12.0. The Labute approximate surface area is 96.9 Å². The molecule has 0 aromatic rings. The Hall–Kier alpha value is -0.610. The first-order valence-electron chi connectivity index (χ1n) is 6.27. The molecule has 3 N–H and O–H groups in total. The lowest BCUT2D eigenvalue weighted by atomic mass is 9.97. The summed E-state index contributed by atoms with van der Waals surface area (Å²) in [5.74, 6) is 0.0479. The molecule has 2 unspecified atom stereocenters. The zero-order valence-corrected chi connectivity index (χ0v) is 10.00. The highest BCUT2D eigenvalue weighted by Gasteiger charge is 2.38. The van der Waals surface area contributed by atoms with Gasteiger partial charge in [-0.3, -0.25) is 4.79 Å². The first-order chi connectivity index (χ1) is 7.64. The summed E-state index contributed by atoms with van der Waals surface area (Å²) in [6.07, 6.45) is 7.11. The number of amides is 1. The van der Waals surface area contributed by atoms with Crippen molar-refractivity contribution in [3.05, 3.63) is 0 Å². The molecule has 2 aliphatic rings. The van der Waals surface area contributed by atoms with Gasteiger partial charge in [-0.05, 0) is 32.1 Å². The summed E-state index contributed by atoms with van der Waals surface area (Å²) in [5, 5.41) is 3.08. The van der Waals surface area contributed by atoms with Crippen LogP contribution in [0.4, 0.5) is 0 Å². The number of hydrogen-bond donors (Lipinski definition) is 2. The van der Waals surface area contributed by atoms with Gasteiger partial charge in [0.15, 0.2) is 0 Å². The molecule has 2 saturated carbocycles. The van der Waals surface area contributed by atoms with Crippen LogP contribution >= 0.6 is 0 Å². The molecule has 92 valence electrons. The van der Waals surface area contributed by atoms with Crippen molar-refractivity contribution >= 4 is 5.91 Å². The molecule has 0 aromatic heterocycles. The van der Waals surface area contributed by atoms with Gasteiger partial charge in [-0.2, -0.15) is 0 Å². The fourth-order valence-corrected chi connectivity index (χ4v) is 2.85. The topological polar surface area (TPSA) is 64.3 Å². The molecule has 4 heteroatoms. The maximum Gasteiger partial charge on any atom is 0.240 e. The number of hydrogen-bond acceptors (Lipinski definition) is 3. The molecule has 2 fully saturated rings. The van der Waals surface area contributed by atoms with Crippen LogP contribution < -0.4 is 11.1 Å². The summed E-state index contributed by atoms with van der Waals surface area (Å²) in [6.45, 7) is 0. The van der Waals surface area contributed by atoms with Crippen LogP contribution in [0, 0.1) is 0 Å². The fourth-order valence-electron chi connectivity index (χ4n) is 2.85. The van der Waals surface area contributed by atoms with Crippen molar-refractivity contribution in [3.8, 4) is 0 Å². The normalized spacial score (nSPS) is 32.9. The van der Waals surface area contributed by atoms with Crippen LogP contribution in [0.3, 0.4) is 0 Å². The van der Waals surface area contributed by atoms with Gasteiger partial charge in [-0.15, -0.1) is 0 Å². The monoisotopic (exact) mass is 226 g/mol. The maximum atomic E-state index is 12.0. The molecule has 2 aliphatic carbocycles. The predicted octanol–water partition coefficient (Wildman–Crippen LogP) is 0.942. The van der Waals surface area contributed by atoms with Gasteiger partial charge in [-0.1, -0.05) is 12.8 Å². The molecule has 0 heterocycles. The molecule has 16 heavy (non-hydrogen) atoms. The van der Waals surface area contributed by atoms with E-state index in [1.54, 1.807) is 7.11 Å². The molecule has 2 rings (SSSR count). The van der Waals surface area contributed by atoms with E-state index in [2.05, 4.69) is 5.32 Å². The fraction of sp³-hybridized carbons (Fsp3) is 0.917. The highest BCUT2D eigenvalue weighted by molar-refractivity contribution is 5.86. The second kappa shape index (κ2) is 4.72. The first kappa shape index (κ1) is 11.9. The van der Waals surface area contributed by atoms with Crippen molar-refractivity contribution in [2.45, 2.75) is 62.6 Å². The van der Waals surface area contributed by atoms with Crippen molar-refractivity contribution in [1.82, 2.24) is 5.32 Å². The minimum atomic E-state index is -0.592. The third-order valence-corrected chi connectivity index (χ3v) is 4.00. The van der Waals surface area contributed by atoms with Crippen LogP contribution in [-0.2, 0) is 9.53 Å². The van der Waals surface area contributed by atoms with E-state index >= 15 is 0 Å². The molecule has 4 nitrogen and oxygen atoms in total. The average molecular weight is 226 g/mol.